The highest BCUT2D eigenvalue weighted by atomic mass is 35.5. The van der Waals surface area contributed by atoms with E-state index < -0.39 is 0 Å². The Balaban J connectivity index is 1.81. The quantitative estimate of drug-likeness (QED) is 0.706. The van der Waals surface area contributed by atoms with Gasteiger partial charge in [0.2, 0.25) is 17.7 Å². The average Bonchev–Trinajstić information content (AvgIpc) is 2.92. The van der Waals surface area contributed by atoms with E-state index in [2.05, 4.69) is 15.6 Å². The van der Waals surface area contributed by atoms with Gasteiger partial charge in [0, 0.05) is 30.6 Å². The summed E-state index contributed by atoms with van der Waals surface area (Å²) in [5.74, 6) is 0.971. The Hall–Kier alpha value is -2.34. The van der Waals surface area contributed by atoms with Gasteiger partial charge in [-0.15, -0.1) is 0 Å². The number of hydrogen-bond acceptors (Lipinski definition) is 4. The lowest BCUT2D eigenvalue weighted by molar-refractivity contribution is -0.121. The molecule has 7 heteroatoms. The van der Waals surface area contributed by atoms with Crippen LogP contribution in [0.1, 0.15) is 31.2 Å². The summed E-state index contributed by atoms with van der Waals surface area (Å²) in [7, 11) is 0. The number of benzene rings is 1. The molecule has 25 heavy (non-hydrogen) atoms. The summed E-state index contributed by atoms with van der Waals surface area (Å²) in [5.41, 5.74) is 1.44. The van der Waals surface area contributed by atoms with E-state index in [1.165, 1.54) is 6.92 Å². The zero-order valence-electron chi connectivity index (χ0n) is 14.4. The normalized spacial score (nSPS) is 10.5. The molecule has 1 aromatic carbocycles. The van der Waals surface area contributed by atoms with Crippen molar-refractivity contribution in [1.82, 2.24) is 15.6 Å². The molecule has 0 atom stereocenters. The van der Waals surface area contributed by atoms with E-state index in [0.29, 0.717) is 35.5 Å². The molecule has 1 heterocycles. The molecule has 0 spiro atoms. The van der Waals surface area contributed by atoms with Gasteiger partial charge in [0.25, 0.3) is 0 Å². The Morgan fingerprint density at radius 3 is 2.40 bits per heavy atom. The fraction of sp³-hybridized carbons (Fsp3) is 0.389. The molecule has 0 saturated carbocycles. The SMILES string of the molecule is CC(=O)NCCCCNC(=O)Cc1nc(-c2ccc(Cl)cc2)oc1C. The van der Waals surface area contributed by atoms with Crippen LogP contribution >= 0.6 is 11.6 Å². The summed E-state index contributed by atoms with van der Waals surface area (Å²) in [6.07, 6.45) is 1.80. The summed E-state index contributed by atoms with van der Waals surface area (Å²) in [4.78, 5) is 27.2. The van der Waals surface area contributed by atoms with E-state index in [4.69, 9.17) is 16.0 Å². The van der Waals surface area contributed by atoms with Crippen LogP contribution in [0.5, 0.6) is 0 Å². The van der Waals surface area contributed by atoms with Crippen LogP contribution in [0.15, 0.2) is 28.7 Å². The van der Waals surface area contributed by atoms with E-state index in [-0.39, 0.29) is 18.2 Å². The van der Waals surface area contributed by atoms with Gasteiger partial charge in [-0.3, -0.25) is 9.59 Å². The van der Waals surface area contributed by atoms with Crippen LogP contribution in [0, 0.1) is 6.92 Å². The van der Waals surface area contributed by atoms with Crippen molar-refractivity contribution < 1.29 is 14.0 Å². The molecule has 0 bridgehead atoms. The zero-order chi connectivity index (χ0) is 18.2. The molecule has 1 aromatic heterocycles. The molecule has 0 fully saturated rings. The molecule has 0 unspecified atom stereocenters. The van der Waals surface area contributed by atoms with Crippen molar-refractivity contribution in [1.29, 1.82) is 0 Å². The number of nitrogens with one attached hydrogen (secondary N) is 2. The second-order valence-corrected chi connectivity index (χ2v) is 6.18. The monoisotopic (exact) mass is 363 g/mol. The second-order valence-electron chi connectivity index (χ2n) is 5.75. The molecule has 0 aliphatic rings. The van der Waals surface area contributed by atoms with Crippen molar-refractivity contribution in [3.63, 3.8) is 0 Å². The Kier molecular flexibility index (Phi) is 7.01. The third-order valence-corrected chi connectivity index (χ3v) is 3.86. The largest absolute Gasteiger partial charge is 0.441 e. The minimum Gasteiger partial charge on any atom is -0.441 e. The summed E-state index contributed by atoms with van der Waals surface area (Å²) in [5, 5.41) is 6.22. The maximum atomic E-state index is 12.0. The van der Waals surface area contributed by atoms with Crippen molar-refractivity contribution in [3.8, 4) is 11.5 Å². The van der Waals surface area contributed by atoms with Crippen molar-refractivity contribution in [3.05, 3.63) is 40.7 Å². The molecular weight excluding hydrogens is 342 g/mol. The van der Waals surface area contributed by atoms with E-state index in [9.17, 15) is 9.59 Å². The van der Waals surface area contributed by atoms with Gasteiger partial charge in [0.1, 0.15) is 5.76 Å². The first-order valence-electron chi connectivity index (χ1n) is 8.19. The lowest BCUT2D eigenvalue weighted by Crippen LogP contribution is -2.27. The summed E-state index contributed by atoms with van der Waals surface area (Å²) >= 11 is 5.88. The van der Waals surface area contributed by atoms with Crippen molar-refractivity contribution in [2.24, 2.45) is 0 Å². The van der Waals surface area contributed by atoms with Crippen LogP contribution in [-0.4, -0.2) is 29.9 Å². The number of aryl methyl sites for hydroxylation is 1. The first-order valence-corrected chi connectivity index (χ1v) is 8.57. The number of oxazole rings is 1. The lowest BCUT2D eigenvalue weighted by Gasteiger charge is -2.04. The van der Waals surface area contributed by atoms with E-state index in [0.717, 1.165) is 18.4 Å². The molecule has 0 aliphatic heterocycles. The number of nitrogens with zero attached hydrogens (tertiary/aromatic N) is 1. The molecule has 0 radical (unpaired) electrons. The van der Waals surface area contributed by atoms with Crippen molar-refractivity contribution in [2.45, 2.75) is 33.1 Å². The first kappa shape index (κ1) is 19.0. The molecule has 0 saturated heterocycles. The van der Waals surface area contributed by atoms with E-state index in [1.807, 2.05) is 12.1 Å². The maximum absolute atomic E-state index is 12.0. The molecule has 2 rings (SSSR count). The highest BCUT2D eigenvalue weighted by Crippen LogP contribution is 2.23. The van der Waals surface area contributed by atoms with Crippen LogP contribution in [0.2, 0.25) is 5.02 Å². The van der Waals surface area contributed by atoms with Crippen molar-refractivity contribution >= 4 is 23.4 Å². The number of amides is 2. The number of carbonyl (C=O) groups is 2. The van der Waals surface area contributed by atoms with Gasteiger partial charge >= 0.3 is 0 Å². The van der Waals surface area contributed by atoms with E-state index in [1.54, 1.807) is 19.1 Å². The van der Waals surface area contributed by atoms with Gasteiger partial charge in [-0.25, -0.2) is 4.98 Å². The summed E-state index contributed by atoms with van der Waals surface area (Å²) in [6, 6.07) is 7.19. The molecule has 2 amide bonds. The van der Waals surface area contributed by atoms with E-state index >= 15 is 0 Å². The number of halogens is 1. The Labute approximate surface area is 152 Å². The second kappa shape index (κ2) is 9.22. The standard InChI is InChI=1S/C18H22ClN3O3/c1-12-16(11-17(24)21-10-4-3-9-20-13(2)23)22-18(25-12)14-5-7-15(19)8-6-14/h5-8H,3-4,9-11H2,1-2H3,(H,20,23)(H,21,24). The van der Waals surface area contributed by atoms with Crippen LogP contribution < -0.4 is 10.6 Å². The zero-order valence-corrected chi connectivity index (χ0v) is 15.2. The molecule has 2 N–H and O–H groups in total. The number of carbonyl (C=O) groups excluding carboxylic acids is 2. The van der Waals surface area contributed by atoms with Gasteiger partial charge in [0.05, 0.1) is 12.1 Å². The molecule has 0 aliphatic carbocycles. The first-order chi connectivity index (χ1) is 12.0. The fourth-order valence-corrected chi connectivity index (χ4v) is 2.39. The summed E-state index contributed by atoms with van der Waals surface area (Å²) < 4.78 is 5.65. The molecule has 6 nitrogen and oxygen atoms in total. The molecule has 2 aromatic rings. The number of unbranched alkanes of at least 4 members (excludes halogenated alkanes) is 1. The Morgan fingerprint density at radius 1 is 1.12 bits per heavy atom. The lowest BCUT2D eigenvalue weighted by atomic mass is 10.2. The summed E-state index contributed by atoms with van der Waals surface area (Å²) in [6.45, 7) is 4.47. The fourth-order valence-electron chi connectivity index (χ4n) is 2.26. The predicted octanol–water partition coefficient (Wildman–Crippen LogP) is 2.88. The molecular formula is C18H22ClN3O3. The van der Waals surface area contributed by atoms with Crippen LogP contribution in [0.3, 0.4) is 0 Å². The van der Waals surface area contributed by atoms with Crippen LogP contribution in [0.25, 0.3) is 11.5 Å². The Morgan fingerprint density at radius 2 is 1.76 bits per heavy atom. The van der Waals surface area contributed by atoms with Gasteiger partial charge < -0.3 is 15.1 Å². The number of aromatic nitrogens is 1. The van der Waals surface area contributed by atoms with Gasteiger partial charge in [0.15, 0.2) is 0 Å². The minimum absolute atomic E-state index is 0.0398. The third kappa shape index (κ3) is 6.23. The molecule has 134 valence electrons. The average molecular weight is 364 g/mol. The van der Waals surface area contributed by atoms with Crippen LogP contribution in [-0.2, 0) is 16.0 Å². The number of rotatable bonds is 8. The number of hydrogen-bond donors (Lipinski definition) is 2. The Bertz CT molecular complexity index is 726. The minimum atomic E-state index is -0.0985. The van der Waals surface area contributed by atoms with Gasteiger partial charge in [-0.05, 0) is 44.0 Å². The highest BCUT2D eigenvalue weighted by Gasteiger charge is 2.14. The smallest absolute Gasteiger partial charge is 0.226 e. The predicted molar refractivity (Wildman–Crippen MR) is 96.3 cm³/mol. The van der Waals surface area contributed by atoms with Crippen molar-refractivity contribution in [2.75, 3.05) is 13.1 Å². The third-order valence-electron chi connectivity index (χ3n) is 3.61. The van der Waals surface area contributed by atoms with Crippen LogP contribution in [0.4, 0.5) is 0 Å². The van der Waals surface area contributed by atoms with Gasteiger partial charge in [-0.1, -0.05) is 11.6 Å². The topological polar surface area (TPSA) is 84.2 Å². The maximum Gasteiger partial charge on any atom is 0.226 e. The van der Waals surface area contributed by atoms with Gasteiger partial charge in [-0.2, -0.15) is 0 Å². The highest BCUT2D eigenvalue weighted by molar-refractivity contribution is 6.30.